The minimum atomic E-state index is 0.544. The maximum atomic E-state index is 6.33. The summed E-state index contributed by atoms with van der Waals surface area (Å²) in [6.45, 7) is 0. The normalized spacial score (nSPS) is 10.5. The molecule has 138 valence electrons. The number of ether oxygens (including phenoxy) is 2. The summed E-state index contributed by atoms with van der Waals surface area (Å²) in [5, 5.41) is 1.09. The van der Waals surface area contributed by atoms with Crippen LogP contribution in [0.25, 0.3) is 11.1 Å². The molecule has 0 aliphatic heterocycles. The summed E-state index contributed by atoms with van der Waals surface area (Å²) >= 11 is 12.7. The van der Waals surface area contributed by atoms with Gasteiger partial charge in [-0.3, -0.25) is 0 Å². The molecule has 0 spiro atoms. The molecule has 4 aromatic carbocycles. The maximum absolute atomic E-state index is 6.33. The van der Waals surface area contributed by atoms with Gasteiger partial charge < -0.3 is 9.47 Å². The van der Waals surface area contributed by atoms with E-state index in [0.29, 0.717) is 21.5 Å². The molecule has 0 heterocycles. The molecule has 0 fully saturated rings. The SMILES string of the molecule is Clc1ccc(-c2ccc(Cl)c(Oc3ccccc3)c2)cc1Oc1ccccc1. The highest BCUT2D eigenvalue weighted by Crippen LogP contribution is 2.37. The lowest BCUT2D eigenvalue weighted by molar-refractivity contribution is 0.482. The first kappa shape index (κ1) is 18.4. The minimum absolute atomic E-state index is 0.544. The van der Waals surface area contributed by atoms with Crippen LogP contribution >= 0.6 is 23.2 Å². The molecule has 0 unspecified atom stereocenters. The van der Waals surface area contributed by atoms with E-state index in [1.54, 1.807) is 0 Å². The lowest BCUT2D eigenvalue weighted by Crippen LogP contribution is -1.89. The second-order valence-electron chi connectivity index (χ2n) is 6.12. The molecule has 0 N–H and O–H groups in total. The summed E-state index contributed by atoms with van der Waals surface area (Å²) in [6, 6.07) is 30.4. The van der Waals surface area contributed by atoms with Gasteiger partial charge in [0, 0.05) is 0 Å². The summed E-state index contributed by atoms with van der Waals surface area (Å²) in [6.07, 6.45) is 0. The fourth-order valence-electron chi connectivity index (χ4n) is 2.75. The summed E-state index contributed by atoms with van der Waals surface area (Å²) in [5.74, 6) is 2.63. The molecule has 4 rings (SSSR count). The van der Waals surface area contributed by atoms with Gasteiger partial charge in [-0.25, -0.2) is 0 Å². The van der Waals surface area contributed by atoms with Crippen molar-refractivity contribution in [2.75, 3.05) is 0 Å². The molecule has 28 heavy (non-hydrogen) atoms. The third-order valence-corrected chi connectivity index (χ3v) is 4.76. The predicted octanol–water partition coefficient (Wildman–Crippen LogP) is 8.25. The van der Waals surface area contributed by atoms with Crippen LogP contribution in [0.1, 0.15) is 0 Å². The molecule has 0 atom stereocenters. The molecule has 0 aliphatic carbocycles. The summed E-state index contributed by atoms with van der Waals surface area (Å²) < 4.78 is 11.9. The number of para-hydroxylation sites is 2. The van der Waals surface area contributed by atoms with Crippen molar-refractivity contribution >= 4 is 23.2 Å². The predicted molar refractivity (Wildman–Crippen MR) is 115 cm³/mol. The molecule has 0 aromatic heterocycles. The van der Waals surface area contributed by atoms with Crippen molar-refractivity contribution in [2.45, 2.75) is 0 Å². The molecule has 4 aromatic rings. The van der Waals surface area contributed by atoms with Gasteiger partial charge in [-0.05, 0) is 59.7 Å². The van der Waals surface area contributed by atoms with Crippen LogP contribution in [0.3, 0.4) is 0 Å². The third-order valence-electron chi connectivity index (χ3n) is 4.14. The first-order valence-electron chi connectivity index (χ1n) is 8.74. The van der Waals surface area contributed by atoms with Gasteiger partial charge >= 0.3 is 0 Å². The Balaban J connectivity index is 1.65. The van der Waals surface area contributed by atoms with E-state index in [1.165, 1.54) is 0 Å². The van der Waals surface area contributed by atoms with Crippen molar-refractivity contribution in [3.05, 3.63) is 107 Å². The molecule has 0 saturated carbocycles. The number of hydrogen-bond acceptors (Lipinski definition) is 2. The molecule has 4 heteroatoms. The van der Waals surface area contributed by atoms with Crippen molar-refractivity contribution in [3.63, 3.8) is 0 Å². The van der Waals surface area contributed by atoms with Crippen molar-refractivity contribution in [1.29, 1.82) is 0 Å². The zero-order chi connectivity index (χ0) is 19.3. The fraction of sp³-hybridized carbons (Fsp3) is 0. The van der Waals surface area contributed by atoms with Gasteiger partial charge in [-0.15, -0.1) is 0 Å². The highest BCUT2D eigenvalue weighted by Gasteiger charge is 2.10. The maximum Gasteiger partial charge on any atom is 0.146 e. The largest absolute Gasteiger partial charge is 0.456 e. The van der Waals surface area contributed by atoms with Crippen LogP contribution in [-0.2, 0) is 0 Å². The molecule has 0 saturated heterocycles. The van der Waals surface area contributed by atoms with E-state index in [2.05, 4.69) is 0 Å². The topological polar surface area (TPSA) is 18.5 Å². The Morgan fingerprint density at radius 1 is 0.464 bits per heavy atom. The lowest BCUT2D eigenvalue weighted by Gasteiger charge is -2.12. The van der Waals surface area contributed by atoms with Gasteiger partial charge in [0.25, 0.3) is 0 Å². The quantitative estimate of drug-likeness (QED) is 0.332. The van der Waals surface area contributed by atoms with Crippen molar-refractivity contribution in [3.8, 4) is 34.1 Å². The van der Waals surface area contributed by atoms with Gasteiger partial charge in [-0.1, -0.05) is 71.7 Å². The Hall–Kier alpha value is -2.94. The van der Waals surface area contributed by atoms with Crippen molar-refractivity contribution in [1.82, 2.24) is 0 Å². The molecule has 0 amide bonds. The van der Waals surface area contributed by atoms with Crippen LogP contribution in [0.2, 0.25) is 10.0 Å². The first-order valence-corrected chi connectivity index (χ1v) is 9.50. The Kier molecular flexibility index (Phi) is 5.52. The zero-order valence-corrected chi connectivity index (χ0v) is 16.3. The first-order chi connectivity index (χ1) is 13.7. The number of halogens is 2. The number of hydrogen-bond donors (Lipinski definition) is 0. The monoisotopic (exact) mass is 406 g/mol. The average Bonchev–Trinajstić information content (AvgIpc) is 2.73. The Morgan fingerprint density at radius 3 is 1.25 bits per heavy atom. The fourth-order valence-corrected chi connectivity index (χ4v) is 3.07. The smallest absolute Gasteiger partial charge is 0.146 e. The van der Waals surface area contributed by atoms with E-state index in [-0.39, 0.29) is 0 Å². The Labute approximate surface area is 173 Å². The van der Waals surface area contributed by atoms with Crippen LogP contribution in [0.5, 0.6) is 23.0 Å². The molecule has 0 aliphatic rings. The Morgan fingerprint density at radius 2 is 0.857 bits per heavy atom. The third kappa shape index (κ3) is 4.30. The zero-order valence-electron chi connectivity index (χ0n) is 14.8. The highest BCUT2D eigenvalue weighted by molar-refractivity contribution is 6.32. The van der Waals surface area contributed by atoms with E-state index in [1.807, 2.05) is 97.1 Å². The van der Waals surface area contributed by atoms with Gasteiger partial charge in [0.15, 0.2) is 0 Å². The van der Waals surface area contributed by atoms with E-state index >= 15 is 0 Å². The summed E-state index contributed by atoms with van der Waals surface area (Å²) in [7, 11) is 0. The molecule has 0 bridgehead atoms. The van der Waals surface area contributed by atoms with Crippen molar-refractivity contribution < 1.29 is 9.47 Å². The van der Waals surface area contributed by atoms with Crippen LogP contribution in [-0.4, -0.2) is 0 Å². The minimum Gasteiger partial charge on any atom is -0.456 e. The second-order valence-corrected chi connectivity index (χ2v) is 6.94. The van der Waals surface area contributed by atoms with Gasteiger partial charge in [0.2, 0.25) is 0 Å². The molecular formula is C24H16Cl2O2. The van der Waals surface area contributed by atoms with Crippen LogP contribution in [0.15, 0.2) is 97.1 Å². The van der Waals surface area contributed by atoms with Crippen LogP contribution in [0, 0.1) is 0 Å². The lowest BCUT2D eigenvalue weighted by atomic mass is 10.1. The van der Waals surface area contributed by atoms with E-state index in [9.17, 15) is 0 Å². The summed E-state index contributed by atoms with van der Waals surface area (Å²) in [5.41, 5.74) is 1.90. The van der Waals surface area contributed by atoms with E-state index < -0.39 is 0 Å². The number of benzene rings is 4. The van der Waals surface area contributed by atoms with Gasteiger partial charge in [0.1, 0.15) is 23.0 Å². The molecular weight excluding hydrogens is 391 g/mol. The average molecular weight is 407 g/mol. The summed E-state index contributed by atoms with van der Waals surface area (Å²) in [4.78, 5) is 0. The molecule has 2 nitrogen and oxygen atoms in total. The van der Waals surface area contributed by atoms with Crippen molar-refractivity contribution in [2.24, 2.45) is 0 Å². The van der Waals surface area contributed by atoms with Crippen LogP contribution < -0.4 is 9.47 Å². The van der Waals surface area contributed by atoms with Gasteiger partial charge in [-0.2, -0.15) is 0 Å². The Bertz CT molecular complexity index is 991. The van der Waals surface area contributed by atoms with E-state index in [0.717, 1.165) is 22.6 Å². The standard InChI is InChI=1S/C24H16Cl2O2/c25-21-13-11-17(15-23(21)27-19-7-3-1-4-8-19)18-12-14-22(26)24(16-18)28-20-9-5-2-6-10-20/h1-16H. The van der Waals surface area contributed by atoms with Crippen LogP contribution in [0.4, 0.5) is 0 Å². The van der Waals surface area contributed by atoms with Gasteiger partial charge in [0.05, 0.1) is 10.0 Å². The highest BCUT2D eigenvalue weighted by atomic mass is 35.5. The second kappa shape index (κ2) is 8.39. The number of rotatable bonds is 5. The van der Waals surface area contributed by atoms with E-state index in [4.69, 9.17) is 32.7 Å². The molecule has 0 radical (unpaired) electrons.